The van der Waals surface area contributed by atoms with E-state index in [-0.39, 0.29) is 11.8 Å². The zero-order valence-corrected chi connectivity index (χ0v) is 17.8. The van der Waals surface area contributed by atoms with Gasteiger partial charge in [0.1, 0.15) is 13.2 Å². The lowest BCUT2D eigenvalue weighted by Crippen LogP contribution is -2.30. The van der Waals surface area contributed by atoms with Crippen molar-refractivity contribution in [2.75, 3.05) is 32.8 Å². The average molecular weight is 431 g/mol. The molecule has 7 heteroatoms. The van der Waals surface area contributed by atoms with Crippen LogP contribution in [0.25, 0.3) is 22.2 Å². The van der Waals surface area contributed by atoms with Gasteiger partial charge in [-0.1, -0.05) is 18.2 Å². The van der Waals surface area contributed by atoms with Crippen LogP contribution in [0.15, 0.2) is 48.5 Å². The predicted molar refractivity (Wildman–Crippen MR) is 121 cm³/mol. The van der Waals surface area contributed by atoms with Crippen molar-refractivity contribution in [1.29, 1.82) is 0 Å². The molecule has 164 valence electrons. The molecule has 1 N–H and O–H groups in total. The minimum atomic E-state index is -0.143. The second-order valence-electron chi connectivity index (χ2n) is 8.02. The Kier molecular flexibility index (Phi) is 5.62. The van der Waals surface area contributed by atoms with Crippen LogP contribution in [0.1, 0.15) is 29.6 Å². The van der Waals surface area contributed by atoms with E-state index in [0.717, 1.165) is 41.6 Å². The fourth-order valence-electron chi connectivity index (χ4n) is 4.22. The SMILES string of the molecule is O=C(NCCCN1CCCC1=O)c1cc(-c2ccc3c(c2)OCCO3)nc2ccccc12. The van der Waals surface area contributed by atoms with E-state index >= 15 is 0 Å². The summed E-state index contributed by atoms with van der Waals surface area (Å²) in [6.07, 6.45) is 2.30. The van der Waals surface area contributed by atoms with Gasteiger partial charge in [-0.15, -0.1) is 0 Å². The largest absolute Gasteiger partial charge is 0.486 e. The number of nitrogens with zero attached hydrogens (tertiary/aromatic N) is 2. The van der Waals surface area contributed by atoms with Gasteiger partial charge in [-0.3, -0.25) is 9.59 Å². The van der Waals surface area contributed by atoms with Crippen LogP contribution >= 0.6 is 0 Å². The smallest absolute Gasteiger partial charge is 0.252 e. The Bertz CT molecular complexity index is 1180. The molecule has 3 aromatic rings. The van der Waals surface area contributed by atoms with Crippen molar-refractivity contribution < 1.29 is 19.1 Å². The number of hydrogen-bond donors (Lipinski definition) is 1. The lowest BCUT2D eigenvalue weighted by Gasteiger charge is -2.19. The molecule has 7 nitrogen and oxygen atoms in total. The van der Waals surface area contributed by atoms with Gasteiger partial charge in [-0.2, -0.15) is 0 Å². The third-order valence-electron chi connectivity index (χ3n) is 5.86. The molecule has 0 aliphatic carbocycles. The van der Waals surface area contributed by atoms with Crippen LogP contribution in [0.4, 0.5) is 0 Å². The highest BCUT2D eigenvalue weighted by Crippen LogP contribution is 2.35. The second-order valence-corrected chi connectivity index (χ2v) is 8.02. The molecule has 1 saturated heterocycles. The molecule has 0 saturated carbocycles. The van der Waals surface area contributed by atoms with Crippen molar-refractivity contribution in [2.45, 2.75) is 19.3 Å². The molecule has 3 heterocycles. The number of aromatic nitrogens is 1. The van der Waals surface area contributed by atoms with Crippen LogP contribution < -0.4 is 14.8 Å². The number of nitrogens with one attached hydrogen (secondary N) is 1. The van der Waals surface area contributed by atoms with Crippen molar-refractivity contribution in [3.63, 3.8) is 0 Å². The summed E-state index contributed by atoms with van der Waals surface area (Å²) in [7, 11) is 0. The molecule has 2 aliphatic rings. The molecule has 0 bridgehead atoms. The maximum Gasteiger partial charge on any atom is 0.252 e. The van der Waals surface area contributed by atoms with E-state index in [4.69, 9.17) is 14.5 Å². The van der Waals surface area contributed by atoms with Gasteiger partial charge in [0, 0.05) is 37.0 Å². The van der Waals surface area contributed by atoms with Crippen molar-refractivity contribution >= 4 is 22.7 Å². The number of rotatable bonds is 6. The minimum Gasteiger partial charge on any atom is -0.486 e. The number of carbonyl (C=O) groups is 2. The fourth-order valence-corrected chi connectivity index (χ4v) is 4.22. The second kappa shape index (κ2) is 8.86. The van der Waals surface area contributed by atoms with Gasteiger partial charge < -0.3 is 19.7 Å². The number of para-hydroxylation sites is 1. The maximum absolute atomic E-state index is 13.1. The van der Waals surface area contributed by atoms with Gasteiger partial charge in [-0.25, -0.2) is 4.98 Å². The predicted octanol–water partition coefficient (Wildman–Crippen LogP) is 3.42. The average Bonchev–Trinajstić information content (AvgIpc) is 3.25. The standard InChI is InChI=1S/C25H25N3O4/c29-24-7-3-11-28(24)12-4-10-26-25(30)19-16-21(27-20-6-2-1-5-18(19)20)17-8-9-22-23(15-17)32-14-13-31-22/h1-2,5-6,8-9,15-16H,3-4,7,10-14H2,(H,26,30). The highest BCUT2D eigenvalue weighted by Gasteiger charge is 2.20. The van der Waals surface area contributed by atoms with E-state index in [2.05, 4.69) is 5.32 Å². The lowest BCUT2D eigenvalue weighted by atomic mass is 10.0. The third kappa shape index (κ3) is 4.10. The number of carbonyl (C=O) groups excluding carboxylic acids is 2. The van der Waals surface area contributed by atoms with E-state index < -0.39 is 0 Å². The lowest BCUT2D eigenvalue weighted by molar-refractivity contribution is -0.127. The Labute approximate surface area is 186 Å². The molecule has 32 heavy (non-hydrogen) atoms. The van der Waals surface area contributed by atoms with Gasteiger partial charge in [0.05, 0.1) is 16.8 Å². The molecule has 1 aromatic heterocycles. The monoisotopic (exact) mass is 431 g/mol. The summed E-state index contributed by atoms with van der Waals surface area (Å²) in [4.78, 5) is 31.5. The molecular weight excluding hydrogens is 406 g/mol. The molecule has 0 atom stereocenters. The van der Waals surface area contributed by atoms with E-state index in [9.17, 15) is 9.59 Å². The molecule has 0 radical (unpaired) electrons. The zero-order chi connectivity index (χ0) is 21.9. The first-order valence-corrected chi connectivity index (χ1v) is 11.0. The van der Waals surface area contributed by atoms with Gasteiger partial charge in [0.15, 0.2) is 11.5 Å². The number of pyridine rings is 1. The Morgan fingerprint density at radius 3 is 2.75 bits per heavy atom. The number of likely N-dealkylation sites (tertiary alicyclic amines) is 1. The van der Waals surface area contributed by atoms with Crippen molar-refractivity contribution in [3.05, 3.63) is 54.1 Å². The molecule has 1 fully saturated rings. The Balaban J connectivity index is 1.37. The molecule has 0 unspecified atom stereocenters. The molecule has 5 rings (SSSR count). The highest BCUT2D eigenvalue weighted by atomic mass is 16.6. The minimum absolute atomic E-state index is 0.143. The van der Waals surface area contributed by atoms with Gasteiger partial charge in [-0.05, 0) is 43.2 Å². The molecule has 2 amide bonds. The summed E-state index contributed by atoms with van der Waals surface area (Å²) in [5, 5.41) is 3.82. The highest BCUT2D eigenvalue weighted by molar-refractivity contribution is 6.07. The van der Waals surface area contributed by atoms with Gasteiger partial charge in [0.2, 0.25) is 5.91 Å². The normalized spacial score (nSPS) is 15.2. The van der Waals surface area contributed by atoms with Crippen LogP contribution in [-0.4, -0.2) is 54.5 Å². The van der Waals surface area contributed by atoms with Crippen LogP contribution in [0.2, 0.25) is 0 Å². The summed E-state index contributed by atoms with van der Waals surface area (Å²) in [5.41, 5.74) is 2.90. The van der Waals surface area contributed by atoms with Crippen LogP contribution in [-0.2, 0) is 4.79 Å². The van der Waals surface area contributed by atoms with Crippen molar-refractivity contribution in [3.8, 4) is 22.8 Å². The third-order valence-corrected chi connectivity index (χ3v) is 5.86. The summed E-state index contributed by atoms with van der Waals surface area (Å²) in [6, 6.07) is 15.2. The first-order chi connectivity index (χ1) is 15.7. The summed E-state index contributed by atoms with van der Waals surface area (Å²) >= 11 is 0. The maximum atomic E-state index is 13.1. The van der Waals surface area contributed by atoms with Gasteiger partial charge in [0.25, 0.3) is 5.91 Å². The van der Waals surface area contributed by atoms with E-state index in [1.54, 1.807) is 0 Å². The molecule has 2 aliphatic heterocycles. The number of fused-ring (bicyclic) bond motifs is 2. The number of hydrogen-bond acceptors (Lipinski definition) is 5. The Morgan fingerprint density at radius 2 is 1.91 bits per heavy atom. The summed E-state index contributed by atoms with van der Waals surface area (Å²) in [6.45, 7) is 3.06. The van der Waals surface area contributed by atoms with Crippen LogP contribution in [0.3, 0.4) is 0 Å². The fraction of sp³-hybridized carbons (Fsp3) is 0.320. The summed E-state index contributed by atoms with van der Waals surface area (Å²) < 4.78 is 11.3. The number of benzene rings is 2. The quantitative estimate of drug-likeness (QED) is 0.605. The molecular formula is C25H25N3O4. The number of ether oxygens (including phenoxy) is 2. The Morgan fingerprint density at radius 1 is 1.06 bits per heavy atom. The van der Waals surface area contributed by atoms with E-state index in [1.165, 1.54) is 0 Å². The Hall–Kier alpha value is -3.61. The molecule has 2 aromatic carbocycles. The summed E-state index contributed by atoms with van der Waals surface area (Å²) in [5.74, 6) is 1.47. The van der Waals surface area contributed by atoms with Crippen LogP contribution in [0, 0.1) is 0 Å². The van der Waals surface area contributed by atoms with Gasteiger partial charge >= 0.3 is 0 Å². The van der Waals surface area contributed by atoms with Crippen LogP contribution in [0.5, 0.6) is 11.5 Å². The van der Waals surface area contributed by atoms with Crippen molar-refractivity contribution in [2.24, 2.45) is 0 Å². The van der Waals surface area contributed by atoms with E-state index in [1.807, 2.05) is 53.4 Å². The molecule has 0 spiro atoms. The topological polar surface area (TPSA) is 80.8 Å². The first kappa shape index (κ1) is 20.3. The first-order valence-electron chi connectivity index (χ1n) is 11.0. The van der Waals surface area contributed by atoms with E-state index in [0.29, 0.717) is 49.7 Å². The number of amides is 2. The zero-order valence-electron chi connectivity index (χ0n) is 17.8. The van der Waals surface area contributed by atoms with Crippen molar-refractivity contribution in [1.82, 2.24) is 15.2 Å².